The SMILES string of the molecule is Cc1cccc(Cl)c1Nc1nc2cc(O)c(O)cc2n2cncc12.[W].[W]. The van der Waals surface area contributed by atoms with Crippen molar-refractivity contribution in [2.45, 2.75) is 6.92 Å². The molecule has 4 rings (SSSR count). The van der Waals surface area contributed by atoms with Crippen LogP contribution < -0.4 is 5.32 Å². The van der Waals surface area contributed by atoms with Crippen LogP contribution in [0.2, 0.25) is 5.02 Å². The summed E-state index contributed by atoms with van der Waals surface area (Å²) in [5, 5.41) is 23.3. The van der Waals surface area contributed by atoms with Crippen molar-refractivity contribution in [2.75, 3.05) is 5.32 Å². The molecular weight excluding hydrogens is 695 g/mol. The molecular formula is C17H13ClN4O2W2. The van der Waals surface area contributed by atoms with Gasteiger partial charge in [0.25, 0.3) is 0 Å². The van der Waals surface area contributed by atoms with Crippen LogP contribution >= 0.6 is 11.6 Å². The average Bonchev–Trinajstić information content (AvgIpc) is 3.03. The van der Waals surface area contributed by atoms with E-state index in [0.717, 1.165) is 16.8 Å². The number of fused-ring (bicyclic) bond motifs is 3. The third kappa shape index (κ3) is 3.46. The van der Waals surface area contributed by atoms with Gasteiger partial charge < -0.3 is 15.5 Å². The summed E-state index contributed by atoms with van der Waals surface area (Å²) in [6.45, 7) is 1.95. The summed E-state index contributed by atoms with van der Waals surface area (Å²) in [6, 6.07) is 8.50. The summed E-state index contributed by atoms with van der Waals surface area (Å²) in [7, 11) is 0. The van der Waals surface area contributed by atoms with E-state index in [0.29, 0.717) is 21.9 Å². The standard InChI is InChI=1S/C17H13ClN4O2.2W/c1-9-3-2-4-10(18)16(9)21-17-13-7-19-8-22(13)12-6-15(24)14(23)5-11(12)20-17;;/h2-8,23-24H,1H3,(H,20,21);;. The van der Waals surface area contributed by atoms with Crippen molar-refractivity contribution in [2.24, 2.45) is 0 Å². The van der Waals surface area contributed by atoms with Crippen LogP contribution in [0, 0.1) is 6.92 Å². The van der Waals surface area contributed by atoms with Gasteiger partial charge in [-0.25, -0.2) is 9.97 Å². The van der Waals surface area contributed by atoms with Gasteiger partial charge in [0.2, 0.25) is 0 Å². The first-order valence-corrected chi connectivity index (χ1v) is 7.62. The fourth-order valence-corrected chi connectivity index (χ4v) is 2.95. The molecule has 0 aliphatic carbocycles. The van der Waals surface area contributed by atoms with Gasteiger partial charge in [-0.2, -0.15) is 0 Å². The molecule has 2 heterocycles. The van der Waals surface area contributed by atoms with Gasteiger partial charge in [-0.05, 0) is 18.6 Å². The van der Waals surface area contributed by atoms with Gasteiger partial charge in [-0.3, -0.25) is 4.40 Å². The number of nitrogens with one attached hydrogen (secondary N) is 1. The largest absolute Gasteiger partial charge is 0.504 e. The zero-order chi connectivity index (χ0) is 16.8. The number of rotatable bonds is 2. The molecule has 0 saturated heterocycles. The maximum atomic E-state index is 9.75. The zero-order valence-electron chi connectivity index (χ0n) is 13.5. The molecule has 0 aliphatic rings. The maximum absolute atomic E-state index is 9.75. The summed E-state index contributed by atoms with van der Waals surface area (Å²) in [5.41, 5.74) is 3.63. The third-order valence-corrected chi connectivity index (χ3v) is 4.22. The number of aromatic nitrogens is 3. The maximum Gasteiger partial charge on any atom is 0.159 e. The molecule has 0 aliphatic heterocycles. The number of aromatic hydroxyl groups is 2. The van der Waals surface area contributed by atoms with E-state index in [1.54, 1.807) is 23.0 Å². The summed E-state index contributed by atoms with van der Waals surface area (Å²) in [5.74, 6) is 0.123. The Kier molecular flexibility index (Phi) is 6.33. The van der Waals surface area contributed by atoms with Crippen LogP contribution in [0.15, 0.2) is 42.9 Å². The van der Waals surface area contributed by atoms with Crippen molar-refractivity contribution in [1.29, 1.82) is 0 Å². The third-order valence-electron chi connectivity index (χ3n) is 3.91. The second kappa shape index (κ2) is 7.95. The molecule has 2 aromatic carbocycles. The molecule has 0 amide bonds. The van der Waals surface area contributed by atoms with Crippen molar-refractivity contribution in [3.63, 3.8) is 0 Å². The fraction of sp³-hybridized carbons (Fsp3) is 0.0588. The van der Waals surface area contributed by atoms with Crippen LogP contribution in [0.25, 0.3) is 16.6 Å². The van der Waals surface area contributed by atoms with Crippen molar-refractivity contribution in [3.8, 4) is 11.5 Å². The number of para-hydroxylation sites is 1. The molecule has 132 valence electrons. The number of imidazole rings is 1. The summed E-state index contributed by atoms with van der Waals surface area (Å²) in [4.78, 5) is 8.71. The predicted octanol–water partition coefficient (Wildman–Crippen LogP) is 3.99. The average molecular weight is 708 g/mol. The molecule has 0 radical (unpaired) electrons. The number of nitrogens with zero attached hydrogens (tertiary/aromatic N) is 3. The number of hydrogen-bond donors (Lipinski definition) is 3. The van der Waals surface area contributed by atoms with Crippen LogP contribution in [0.5, 0.6) is 11.5 Å². The van der Waals surface area contributed by atoms with Crippen molar-refractivity contribution >= 4 is 39.7 Å². The van der Waals surface area contributed by atoms with E-state index in [4.69, 9.17) is 11.6 Å². The minimum Gasteiger partial charge on any atom is -0.504 e. The molecule has 4 aromatic rings. The second-order valence-electron chi connectivity index (χ2n) is 5.50. The first-order chi connectivity index (χ1) is 11.5. The Bertz CT molecular complexity index is 1080. The van der Waals surface area contributed by atoms with Crippen LogP contribution in [-0.4, -0.2) is 24.6 Å². The normalized spacial score (nSPS) is 10.4. The Labute approximate surface area is 182 Å². The van der Waals surface area contributed by atoms with Crippen molar-refractivity contribution in [3.05, 3.63) is 53.4 Å². The first kappa shape index (κ1) is 20.7. The van der Waals surface area contributed by atoms with E-state index in [1.807, 2.05) is 19.1 Å². The predicted molar refractivity (Wildman–Crippen MR) is 93.3 cm³/mol. The monoisotopic (exact) mass is 708 g/mol. The molecule has 0 fully saturated rings. The van der Waals surface area contributed by atoms with E-state index < -0.39 is 0 Å². The minimum atomic E-state index is -0.227. The molecule has 3 N–H and O–H groups in total. The van der Waals surface area contributed by atoms with E-state index in [9.17, 15) is 10.2 Å². The number of phenolic OH excluding ortho intramolecular Hbond substituents is 2. The molecule has 6 nitrogen and oxygen atoms in total. The van der Waals surface area contributed by atoms with Crippen LogP contribution in [0.3, 0.4) is 0 Å². The number of benzene rings is 2. The molecule has 0 bridgehead atoms. The minimum absolute atomic E-state index is 0. The van der Waals surface area contributed by atoms with Crippen LogP contribution in [-0.2, 0) is 42.1 Å². The Morgan fingerprint density at radius 2 is 1.81 bits per heavy atom. The van der Waals surface area contributed by atoms with Crippen molar-refractivity contribution < 1.29 is 52.3 Å². The molecule has 0 atom stereocenters. The molecule has 0 saturated carbocycles. The zero-order valence-corrected chi connectivity index (χ0v) is 20.1. The van der Waals surface area contributed by atoms with Gasteiger partial charge >= 0.3 is 0 Å². The Morgan fingerprint density at radius 1 is 1.08 bits per heavy atom. The first-order valence-electron chi connectivity index (χ1n) is 7.24. The number of aryl methyl sites for hydroxylation is 1. The molecule has 2 aromatic heterocycles. The molecule has 26 heavy (non-hydrogen) atoms. The number of halogens is 1. The second-order valence-corrected chi connectivity index (χ2v) is 5.90. The molecule has 0 spiro atoms. The summed E-state index contributed by atoms with van der Waals surface area (Å²) in [6.07, 6.45) is 3.30. The topological polar surface area (TPSA) is 82.7 Å². The van der Waals surface area contributed by atoms with Gasteiger partial charge in [0.1, 0.15) is 5.52 Å². The number of anilines is 2. The fourth-order valence-electron chi connectivity index (χ4n) is 2.68. The van der Waals surface area contributed by atoms with Gasteiger partial charge in [-0.1, -0.05) is 23.7 Å². The van der Waals surface area contributed by atoms with E-state index in [2.05, 4.69) is 15.3 Å². The Hall–Kier alpha value is -1.61. The van der Waals surface area contributed by atoms with E-state index in [-0.39, 0.29) is 53.6 Å². The van der Waals surface area contributed by atoms with Gasteiger partial charge in [0.15, 0.2) is 17.3 Å². The number of phenols is 2. The Balaban J connectivity index is 0.00000121. The Morgan fingerprint density at radius 3 is 2.54 bits per heavy atom. The summed E-state index contributed by atoms with van der Waals surface area (Å²) < 4.78 is 1.79. The smallest absolute Gasteiger partial charge is 0.159 e. The van der Waals surface area contributed by atoms with Crippen LogP contribution in [0.1, 0.15) is 5.56 Å². The number of hydrogen-bond acceptors (Lipinski definition) is 5. The van der Waals surface area contributed by atoms with Gasteiger partial charge in [-0.15, -0.1) is 0 Å². The van der Waals surface area contributed by atoms with Gasteiger partial charge in [0.05, 0.1) is 34.3 Å². The molecule has 0 unspecified atom stereocenters. The van der Waals surface area contributed by atoms with Crippen LogP contribution in [0.4, 0.5) is 11.5 Å². The molecule has 9 heteroatoms. The van der Waals surface area contributed by atoms with E-state index >= 15 is 0 Å². The quantitative estimate of drug-likeness (QED) is 0.275. The van der Waals surface area contributed by atoms with Gasteiger partial charge in [0, 0.05) is 54.3 Å². The van der Waals surface area contributed by atoms with E-state index in [1.165, 1.54) is 12.1 Å². The summed E-state index contributed by atoms with van der Waals surface area (Å²) >= 11 is 6.28. The van der Waals surface area contributed by atoms with Crippen molar-refractivity contribution in [1.82, 2.24) is 14.4 Å².